The summed E-state index contributed by atoms with van der Waals surface area (Å²) in [4.78, 5) is 14.6. The molecule has 5 nitrogen and oxygen atoms in total. The molecule has 0 spiro atoms. The lowest BCUT2D eigenvalue weighted by molar-refractivity contribution is 0.0742. The topological polar surface area (TPSA) is 48.0 Å². The Morgan fingerprint density at radius 3 is 2.04 bits per heavy atom. The number of hydrogen-bond acceptors (Lipinski definition) is 4. The van der Waals surface area contributed by atoms with Crippen LogP contribution in [0.25, 0.3) is 0 Å². The van der Waals surface area contributed by atoms with E-state index in [0.717, 1.165) is 5.56 Å². The molecule has 7 heteroatoms. The molecule has 2 aromatic carbocycles. The van der Waals surface area contributed by atoms with Gasteiger partial charge in [0.2, 0.25) is 5.75 Å². The Kier molecular flexibility index (Phi) is 6.62. The van der Waals surface area contributed by atoms with Gasteiger partial charge in [0, 0.05) is 22.7 Å². The zero-order chi connectivity index (χ0) is 19.4. The van der Waals surface area contributed by atoms with E-state index in [1.54, 1.807) is 36.2 Å². The molecule has 2 rings (SSSR count). The van der Waals surface area contributed by atoms with E-state index in [1.807, 2.05) is 13.0 Å². The molecular formula is C19H21Cl2NO4. The minimum Gasteiger partial charge on any atom is -0.493 e. The van der Waals surface area contributed by atoms with Crippen molar-refractivity contribution in [2.75, 3.05) is 28.4 Å². The number of amides is 1. The third-order valence-electron chi connectivity index (χ3n) is 4.23. The lowest BCUT2D eigenvalue weighted by Crippen LogP contribution is -2.30. The van der Waals surface area contributed by atoms with Gasteiger partial charge in [0.05, 0.1) is 27.4 Å². The molecule has 0 saturated heterocycles. The van der Waals surface area contributed by atoms with Gasteiger partial charge in [-0.2, -0.15) is 0 Å². The summed E-state index contributed by atoms with van der Waals surface area (Å²) in [7, 11) is 6.23. The van der Waals surface area contributed by atoms with E-state index in [9.17, 15) is 4.79 Å². The first-order valence-corrected chi connectivity index (χ1v) is 8.61. The Labute approximate surface area is 163 Å². The lowest BCUT2D eigenvalue weighted by atomic mass is 10.1. The van der Waals surface area contributed by atoms with Gasteiger partial charge in [0.15, 0.2) is 11.5 Å². The Hall–Kier alpha value is -2.11. The predicted octanol–water partition coefficient (Wildman–Crippen LogP) is 4.85. The fourth-order valence-electron chi connectivity index (χ4n) is 2.63. The van der Waals surface area contributed by atoms with Gasteiger partial charge in [-0.15, -0.1) is 0 Å². The van der Waals surface area contributed by atoms with Crippen molar-refractivity contribution in [1.82, 2.24) is 4.90 Å². The summed E-state index contributed by atoms with van der Waals surface area (Å²) >= 11 is 12.2. The minimum absolute atomic E-state index is 0.206. The predicted molar refractivity (Wildman–Crippen MR) is 103 cm³/mol. The van der Waals surface area contributed by atoms with E-state index in [4.69, 9.17) is 37.4 Å². The van der Waals surface area contributed by atoms with Gasteiger partial charge in [0.25, 0.3) is 5.91 Å². The summed E-state index contributed by atoms with van der Waals surface area (Å²) in [6.07, 6.45) is 0. The second-order valence-corrected chi connectivity index (χ2v) is 6.52. The molecule has 0 unspecified atom stereocenters. The molecular weight excluding hydrogens is 377 g/mol. The zero-order valence-electron chi connectivity index (χ0n) is 15.3. The highest BCUT2D eigenvalue weighted by Crippen LogP contribution is 2.39. The van der Waals surface area contributed by atoms with Crippen LogP contribution in [0, 0.1) is 0 Å². The van der Waals surface area contributed by atoms with Crippen LogP contribution in [0.3, 0.4) is 0 Å². The van der Waals surface area contributed by atoms with Gasteiger partial charge in [-0.1, -0.05) is 29.3 Å². The van der Waals surface area contributed by atoms with Crippen LogP contribution in [0.5, 0.6) is 17.2 Å². The number of carbonyl (C=O) groups excluding carboxylic acids is 1. The summed E-state index contributed by atoms with van der Waals surface area (Å²) in [5, 5.41) is 1.05. The molecule has 1 atom stereocenters. The van der Waals surface area contributed by atoms with Crippen molar-refractivity contribution in [2.24, 2.45) is 0 Å². The highest BCUT2D eigenvalue weighted by molar-refractivity contribution is 6.35. The number of ether oxygens (including phenoxy) is 3. The monoisotopic (exact) mass is 397 g/mol. The van der Waals surface area contributed by atoms with Crippen molar-refractivity contribution in [1.29, 1.82) is 0 Å². The largest absolute Gasteiger partial charge is 0.493 e. The number of hydrogen-bond donors (Lipinski definition) is 0. The molecule has 2 aromatic rings. The van der Waals surface area contributed by atoms with Gasteiger partial charge in [-0.05, 0) is 36.8 Å². The number of halogens is 2. The molecule has 26 heavy (non-hydrogen) atoms. The molecule has 0 fully saturated rings. The van der Waals surface area contributed by atoms with Gasteiger partial charge in [0.1, 0.15) is 0 Å². The summed E-state index contributed by atoms with van der Waals surface area (Å²) in [5.41, 5.74) is 1.22. The van der Waals surface area contributed by atoms with E-state index in [2.05, 4.69) is 0 Å². The Morgan fingerprint density at radius 1 is 1.00 bits per heavy atom. The van der Waals surface area contributed by atoms with Crippen LogP contribution in [0.2, 0.25) is 10.0 Å². The second kappa shape index (κ2) is 8.52. The van der Waals surface area contributed by atoms with Crippen LogP contribution in [0.1, 0.15) is 28.9 Å². The van der Waals surface area contributed by atoms with E-state index in [1.165, 1.54) is 21.3 Å². The standard InChI is InChI=1S/C19H21Cl2NO4/c1-11(14-7-6-13(20)10-15(14)21)22(2)19(23)12-8-16(24-3)18(26-5)17(9-12)25-4/h6-11H,1-5H3/t11-/m1/s1. The molecule has 1 amide bonds. The summed E-state index contributed by atoms with van der Waals surface area (Å²) in [6.45, 7) is 1.89. The summed E-state index contributed by atoms with van der Waals surface area (Å²) in [5.74, 6) is 1.06. The average molecular weight is 398 g/mol. The van der Waals surface area contributed by atoms with Crippen LogP contribution >= 0.6 is 23.2 Å². The van der Waals surface area contributed by atoms with Crippen molar-refractivity contribution in [3.63, 3.8) is 0 Å². The Balaban J connectivity index is 2.38. The van der Waals surface area contributed by atoms with E-state index in [-0.39, 0.29) is 11.9 Å². The van der Waals surface area contributed by atoms with Crippen LogP contribution in [-0.2, 0) is 0 Å². The van der Waals surface area contributed by atoms with Crippen LogP contribution in [0.15, 0.2) is 30.3 Å². The highest BCUT2D eigenvalue weighted by Gasteiger charge is 2.24. The third-order valence-corrected chi connectivity index (χ3v) is 4.79. The molecule has 0 aliphatic rings. The maximum atomic E-state index is 13.0. The third kappa shape index (κ3) is 4.00. The zero-order valence-corrected chi connectivity index (χ0v) is 16.8. The summed E-state index contributed by atoms with van der Waals surface area (Å²) < 4.78 is 15.9. The molecule has 0 saturated carbocycles. The summed E-state index contributed by atoms with van der Waals surface area (Å²) in [6, 6.07) is 8.21. The maximum absolute atomic E-state index is 13.0. The second-order valence-electron chi connectivity index (χ2n) is 5.67. The average Bonchev–Trinajstić information content (AvgIpc) is 2.64. The van der Waals surface area contributed by atoms with Crippen molar-refractivity contribution in [3.8, 4) is 17.2 Å². The molecule has 140 valence electrons. The number of rotatable bonds is 6. The molecule has 0 aliphatic carbocycles. The first kappa shape index (κ1) is 20.2. The SMILES string of the molecule is COc1cc(C(=O)N(C)[C@H](C)c2ccc(Cl)cc2Cl)cc(OC)c1OC. The van der Waals surface area contributed by atoms with Crippen molar-refractivity contribution < 1.29 is 19.0 Å². The fraction of sp³-hybridized carbons (Fsp3) is 0.316. The van der Waals surface area contributed by atoms with Gasteiger partial charge >= 0.3 is 0 Å². The van der Waals surface area contributed by atoms with Crippen LogP contribution in [0.4, 0.5) is 0 Å². The highest BCUT2D eigenvalue weighted by atomic mass is 35.5. The smallest absolute Gasteiger partial charge is 0.254 e. The van der Waals surface area contributed by atoms with Crippen molar-refractivity contribution >= 4 is 29.1 Å². The number of nitrogens with zero attached hydrogens (tertiary/aromatic N) is 1. The van der Waals surface area contributed by atoms with Gasteiger partial charge in [-0.25, -0.2) is 0 Å². The van der Waals surface area contributed by atoms with E-state index < -0.39 is 0 Å². The Morgan fingerprint density at radius 2 is 1.58 bits per heavy atom. The van der Waals surface area contributed by atoms with Gasteiger partial charge in [-0.3, -0.25) is 4.79 Å². The van der Waals surface area contributed by atoms with Gasteiger partial charge < -0.3 is 19.1 Å². The number of benzene rings is 2. The Bertz CT molecular complexity index is 785. The number of carbonyl (C=O) groups is 1. The quantitative estimate of drug-likeness (QED) is 0.698. The molecule has 0 aliphatic heterocycles. The van der Waals surface area contributed by atoms with Crippen molar-refractivity contribution in [3.05, 3.63) is 51.5 Å². The van der Waals surface area contributed by atoms with Crippen LogP contribution in [-0.4, -0.2) is 39.2 Å². The molecule has 0 N–H and O–H groups in total. The van der Waals surface area contributed by atoms with Crippen molar-refractivity contribution in [2.45, 2.75) is 13.0 Å². The molecule has 0 bridgehead atoms. The maximum Gasteiger partial charge on any atom is 0.254 e. The molecule has 0 radical (unpaired) electrons. The van der Waals surface area contributed by atoms with Crippen LogP contribution < -0.4 is 14.2 Å². The lowest BCUT2D eigenvalue weighted by Gasteiger charge is -2.26. The molecule has 0 aromatic heterocycles. The molecule has 0 heterocycles. The fourth-order valence-corrected chi connectivity index (χ4v) is 3.20. The first-order valence-electron chi connectivity index (χ1n) is 7.86. The van der Waals surface area contributed by atoms with E-state index in [0.29, 0.717) is 32.9 Å². The minimum atomic E-state index is -0.258. The number of methoxy groups -OCH3 is 3. The first-order chi connectivity index (χ1) is 12.3. The normalized spacial score (nSPS) is 11.7. The van der Waals surface area contributed by atoms with E-state index >= 15 is 0 Å².